The van der Waals surface area contributed by atoms with Gasteiger partial charge >= 0.3 is 0 Å². The van der Waals surface area contributed by atoms with Crippen LogP contribution < -0.4 is 0 Å². The molecule has 16 heavy (non-hydrogen) atoms. The van der Waals surface area contributed by atoms with Crippen molar-refractivity contribution in [1.82, 2.24) is 4.98 Å². The maximum atomic E-state index is 4.32. The van der Waals surface area contributed by atoms with E-state index >= 15 is 0 Å². The van der Waals surface area contributed by atoms with E-state index in [1.54, 1.807) is 11.8 Å². The van der Waals surface area contributed by atoms with Gasteiger partial charge in [-0.05, 0) is 31.5 Å². The molecule has 1 nitrogen and oxygen atoms in total. The van der Waals surface area contributed by atoms with Crippen molar-refractivity contribution in [3.8, 4) is 0 Å². The SMILES string of the molecule is Cc1ccc(C(C)Sc2ccccn2)cc1. The highest BCUT2D eigenvalue weighted by molar-refractivity contribution is 7.99. The quantitative estimate of drug-likeness (QED) is 0.730. The molecule has 1 aromatic heterocycles. The molecule has 0 radical (unpaired) electrons. The summed E-state index contributed by atoms with van der Waals surface area (Å²) in [5, 5.41) is 1.52. The zero-order valence-electron chi connectivity index (χ0n) is 9.55. The van der Waals surface area contributed by atoms with Gasteiger partial charge in [0.1, 0.15) is 0 Å². The predicted octanol–water partition coefficient (Wildman–Crippen LogP) is 4.24. The van der Waals surface area contributed by atoms with Gasteiger partial charge < -0.3 is 0 Å². The van der Waals surface area contributed by atoms with Gasteiger partial charge in [0.15, 0.2) is 0 Å². The van der Waals surface area contributed by atoms with E-state index in [-0.39, 0.29) is 0 Å². The summed E-state index contributed by atoms with van der Waals surface area (Å²) in [5.74, 6) is 0. The molecule has 1 heterocycles. The van der Waals surface area contributed by atoms with Gasteiger partial charge in [-0.25, -0.2) is 4.98 Å². The molecule has 2 rings (SSSR count). The lowest BCUT2D eigenvalue weighted by Gasteiger charge is -2.10. The molecular weight excluding hydrogens is 214 g/mol. The first-order valence-corrected chi connectivity index (χ1v) is 6.28. The molecule has 0 spiro atoms. The molecule has 0 aliphatic rings. The van der Waals surface area contributed by atoms with Crippen molar-refractivity contribution in [2.24, 2.45) is 0 Å². The number of nitrogens with zero attached hydrogens (tertiary/aromatic N) is 1. The van der Waals surface area contributed by atoms with Gasteiger partial charge in [-0.15, -0.1) is 0 Å². The van der Waals surface area contributed by atoms with E-state index in [1.807, 2.05) is 18.3 Å². The van der Waals surface area contributed by atoms with Crippen molar-refractivity contribution in [3.63, 3.8) is 0 Å². The molecule has 2 aromatic rings. The standard InChI is InChI=1S/C14H15NS/c1-11-6-8-13(9-7-11)12(2)16-14-5-3-4-10-15-14/h3-10,12H,1-2H3. The van der Waals surface area contributed by atoms with E-state index in [0.29, 0.717) is 5.25 Å². The molecule has 1 aromatic carbocycles. The Labute approximate surface area is 101 Å². The second-order valence-corrected chi connectivity index (χ2v) is 5.20. The summed E-state index contributed by atoms with van der Waals surface area (Å²) in [6.07, 6.45) is 1.84. The van der Waals surface area contributed by atoms with E-state index in [2.05, 4.69) is 49.2 Å². The fraction of sp³-hybridized carbons (Fsp3) is 0.214. The number of rotatable bonds is 3. The second-order valence-electron chi connectivity index (χ2n) is 3.84. The van der Waals surface area contributed by atoms with E-state index in [1.165, 1.54) is 11.1 Å². The molecule has 0 aliphatic carbocycles. The lowest BCUT2D eigenvalue weighted by Crippen LogP contribution is -1.89. The number of benzene rings is 1. The Hall–Kier alpha value is -1.28. The Morgan fingerprint density at radius 3 is 2.44 bits per heavy atom. The van der Waals surface area contributed by atoms with Crippen LogP contribution in [0.25, 0.3) is 0 Å². The van der Waals surface area contributed by atoms with E-state index < -0.39 is 0 Å². The Morgan fingerprint density at radius 2 is 1.81 bits per heavy atom. The van der Waals surface area contributed by atoms with Crippen LogP contribution in [0.3, 0.4) is 0 Å². The smallest absolute Gasteiger partial charge is 0.0965 e. The normalized spacial score (nSPS) is 12.4. The van der Waals surface area contributed by atoms with Crippen molar-refractivity contribution in [2.45, 2.75) is 24.1 Å². The Kier molecular flexibility index (Phi) is 3.62. The van der Waals surface area contributed by atoms with Gasteiger partial charge in [0.25, 0.3) is 0 Å². The van der Waals surface area contributed by atoms with Crippen LogP contribution in [0.1, 0.15) is 23.3 Å². The molecular formula is C14H15NS. The predicted molar refractivity (Wildman–Crippen MR) is 69.7 cm³/mol. The second kappa shape index (κ2) is 5.17. The third-order valence-electron chi connectivity index (χ3n) is 2.48. The Balaban J connectivity index is 2.09. The first-order chi connectivity index (χ1) is 7.75. The molecule has 1 unspecified atom stereocenters. The minimum Gasteiger partial charge on any atom is -0.250 e. The highest BCUT2D eigenvalue weighted by Gasteiger charge is 2.07. The fourth-order valence-corrected chi connectivity index (χ4v) is 2.44. The van der Waals surface area contributed by atoms with Crippen molar-refractivity contribution in [1.29, 1.82) is 0 Å². The number of aromatic nitrogens is 1. The van der Waals surface area contributed by atoms with Gasteiger partial charge in [0, 0.05) is 11.4 Å². The molecule has 0 amide bonds. The molecule has 82 valence electrons. The molecule has 2 heteroatoms. The lowest BCUT2D eigenvalue weighted by molar-refractivity contribution is 1.06. The summed E-state index contributed by atoms with van der Waals surface area (Å²) < 4.78 is 0. The average molecular weight is 229 g/mol. The number of pyridine rings is 1. The van der Waals surface area contributed by atoms with Crippen molar-refractivity contribution in [3.05, 3.63) is 59.8 Å². The maximum absolute atomic E-state index is 4.32. The number of hydrogen-bond donors (Lipinski definition) is 0. The average Bonchev–Trinajstić information content (AvgIpc) is 2.31. The zero-order chi connectivity index (χ0) is 11.4. The monoisotopic (exact) mass is 229 g/mol. The van der Waals surface area contributed by atoms with Crippen LogP contribution in [0.15, 0.2) is 53.7 Å². The molecule has 0 aliphatic heterocycles. The van der Waals surface area contributed by atoms with Crippen molar-refractivity contribution >= 4 is 11.8 Å². The molecule has 1 atom stereocenters. The number of aryl methyl sites for hydroxylation is 1. The highest BCUT2D eigenvalue weighted by atomic mass is 32.2. The molecule has 0 saturated carbocycles. The molecule has 0 saturated heterocycles. The van der Waals surface area contributed by atoms with Crippen LogP contribution in [-0.2, 0) is 0 Å². The summed E-state index contributed by atoms with van der Waals surface area (Å²) >= 11 is 1.79. The van der Waals surface area contributed by atoms with E-state index in [0.717, 1.165) is 5.03 Å². The van der Waals surface area contributed by atoms with Gasteiger partial charge in [0.2, 0.25) is 0 Å². The highest BCUT2D eigenvalue weighted by Crippen LogP contribution is 2.33. The molecule has 0 N–H and O–H groups in total. The number of hydrogen-bond acceptors (Lipinski definition) is 2. The van der Waals surface area contributed by atoms with Gasteiger partial charge in [-0.1, -0.05) is 47.7 Å². The topological polar surface area (TPSA) is 12.9 Å². The summed E-state index contributed by atoms with van der Waals surface area (Å²) in [7, 11) is 0. The summed E-state index contributed by atoms with van der Waals surface area (Å²) in [6, 6.07) is 14.7. The minimum absolute atomic E-state index is 0.440. The summed E-state index contributed by atoms with van der Waals surface area (Å²) in [5.41, 5.74) is 2.65. The lowest BCUT2D eigenvalue weighted by atomic mass is 10.1. The van der Waals surface area contributed by atoms with Crippen molar-refractivity contribution < 1.29 is 0 Å². The van der Waals surface area contributed by atoms with Gasteiger partial charge in [0.05, 0.1) is 5.03 Å². The molecule has 0 bridgehead atoms. The summed E-state index contributed by atoms with van der Waals surface area (Å²) in [6.45, 7) is 4.32. The largest absolute Gasteiger partial charge is 0.250 e. The van der Waals surface area contributed by atoms with Crippen LogP contribution in [0.5, 0.6) is 0 Å². The van der Waals surface area contributed by atoms with Crippen LogP contribution in [0.4, 0.5) is 0 Å². The van der Waals surface area contributed by atoms with E-state index in [4.69, 9.17) is 0 Å². The minimum atomic E-state index is 0.440. The van der Waals surface area contributed by atoms with Crippen LogP contribution in [0.2, 0.25) is 0 Å². The third kappa shape index (κ3) is 2.86. The van der Waals surface area contributed by atoms with Gasteiger partial charge in [-0.2, -0.15) is 0 Å². The Morgan fingerprint density at radius 1 is 1.06 bits per heavy atom. The maximum Gasteiger partial charge on any atom is 0.0965 e. The van der Waals surface area contributed by atoms with E-state index in [9.17, 15) is 0 Å². The van der Waals surface area contributed by atoms with Crippen LogP contribution in [0, 0.1) is 6.92 Å². The molecule has 0 fully saturated rings. The van der Waals surface area contributed by atoms with Crippen LogP contribution in [-0.4, -0.2) is 4.98 Å². The fourth-order valence-electron chi connectivity index (χ4n) is 1.50. The van der Waals surface area contributed by atoms with Crippen molar-refractivity contribution in [2.75, 3.05) is 0 Å². The first-order valence-electron chi connectivity index (χ1n) is 5.40. The van der Waals surface area contributed by atoms with Crippen LogP contribution >= 0.6 is 11.8 Å². The number of thioether (sulfide) groups is 1. The summed E-state index contributed by atoms with van der Waals surface area (Å²) in [4.78, 5) is 4.32. The Bertz CT molecular complexity index is 436. The first kappa shape index (κ1) is 11.2. The third-order valence-corrected chi connectivity index (χ3v) is 3.59. The van der Waals surface area contributed by atoms with Gasteiger partial charge in [-0.3, -0.25) is 0 Å². The zero-order valence-corrected chi connectivity index (χ0v) is 10.4.